The Balaban J connectivity index is 1.61. The largest absolute Gasteiger partial charge is 0.369 e. The summed E-state index contributed by atoms with van der Waals surface area (Å²) < 4.78 is 19.7. The summed E-state index contributed by atoms with van der Waals surface area (Å²) in [6.07, 6.45) is 6.14. The van der Waals surface area contributed by atoms with E-state index in [1.165, 1.54) is 6.07 Å². The molecule has 2 fully saturated rings. The standard InChI is InChI=1S/C17H21FN4O/c18-13-11-12(5-6-14(13)22-9-3-4-10-22)15-20-16(21-23-15)17(19)7-1-2-8-17/h5-6,11H,1-4,7-10,19H2. The predicted octanol–water partition coefficient (Wildman–Crippen LogP) is 3.20. The fourth-order valence-corrected chi connectivity index (χ4v) is 3.63. The third-order valence-electron chi connectivity index (χ3n) is 5.01. The summed E-state index contributed by atoms with van der Waals surface area (Å²) in [4.78, 5) is 6.49. The van der Waals surface area contributed by atoms with Gasteiger partial charge in [-0.15, -0.1) is 0 Å². The molecule has 0 radical (unpaired) electrons. The number of aromatic nitrogens is 2. The predicted molar refractivity (Wildman–Crippen MR) is 85.5 cm³/mol. The SMILES string of the molecule is NC1(c2noc(-c3ccc(N4CCCC4)c(F)c3)n2)CCCC1. The maximum atomic E-state index is 14.4. The molecule has 2 heterocycles. The highest BCUT2D eigenvalue weighted by Gasteiger charge is 2.36. The fraction of sp³-hybridized carbons (Fsp3) is 0.529. The van der Waals surface area contributed by atoms with Crippen LogP contribution in [-0.2, 0) is 5.54 Å². The number of hydrogen-bond donors (Lipinski definition) is 1. The van der Waals surface area contributed by atoms with Crippen LogP contribution in [0.2, 0.25) is 0 Å². The Morgan fingerprint density at radius 1 is 1.13 bits per heavy atom. The molecule has 1 saturated carbocycles. The van der Waals surface area contributed by atoms with Gasteiger partial charge in [-0.25, -0.2) is 4.39 Å². The van der Waals surface area contributed by atoms with E-state index in [0.29, 0.717) is 23.0 Å². The Bertz CT molecular complexity index is 702. The molecule has 1 aromatic carbocycles. The fourth-order valence-electron chi connectivity index (χ4n) is 3.63. The Hall–Kier alpha value is -1.95. The molecular formula is C17H21FN4O. The minimum Gasteiger partial charge on any atom is -0.369 e. The Kier molecular flexibility index (Phi) is 3.56. The average Bonchev–Trinajstić information content (AvgIpc) is 3.29. The molecule has 5 nitrogen and oxygen atoms in total. The van der Waals surface area contributed by atoms with Gasteiger partial charge >= 0.3 is 0 Å². The quantitative estimate of drug-likeness (QED) is 0.941. The van der Waals surface area contributed by atoms with Crippen LogP contribution in [0.1, 0.15) is 44.3 Å². The van der Waals surface area contributed by atoms with Crippen LogP contribution >= 0.6 is 0 Å². The zero-order chi connectivity index (χ0) is 15.9. The van der Waals surface area contributed by atoms with Crippen LogP contribution in [0.25, 0.3) is 11.5 Å². The highest BCUT2D eigenvalue weighted by molar-refractivity contribution is 5.60. The molecule has 2 aromatic rings. The summed E-state index contributed by atoms with van der Waals surface area (Å²) in [5.41, 5.74) is 7.11. The second-order valence-corrected chi connectivity index (χ2v) is 6.65. The second kappa shape index (κ2) is 5.60. The Labute approximate surface area is 134 Å². The maximum absolute atomic E-state index is 14.4. The van der Waals surface area contributed by atoms with Gasteiger partial charge in [0.1, 0.15) is 5.82 Å². The zero-order valence-electron chi connectivity index (χ0n) is 13.1. The van der Waals surface area contributed by atoms with Gasteiger partial charge in [-0.1, -0.05) is 18.0 Å². The lowest BCUT2D eigenvalue weighted by molar-refractivity contribution is 0.372. The van der Waals surface area contributed by atoms with E-state index < -0.39 is 5.54 Å². The molecule has 1 aliphatic carbocycles. The first kappa shape index (κ1) is 14.6. The Morgan fingerprint density at radius 3 is 2.57 bits per heavy atom. The monoisotopic (exact) mass is 316 g/mol. The summed E-state index contributed by atoms with van der Waals surface area (Å²) in [5, 5.41) is 4.03. The molecule has 23 heavy (non-hydrogen) atoms. The summed E-state index contributed by atoms with van der Waals surface area (Å²) in [6.45, 7) is 1.83. The van der Waals surface area contributed by atoms with Gasteiger partial charge in [-0.05, 0) is 43.9 Å². The van der Waals surface area contributed by atoms with E-state index in [0.717, 1.165) is 51.6 Å². The van der Waals surface area contributed by atoms with Crippen molar-refractivity contribution in [2.24, 2.45) is 5.73 Å². The van der Waals surface area contributed by atoms with Crippen LogP contribution in [0.3, 0.4) is 0 Å². The first-order valence-corrected chi connectivity index (χ1v) is 8.34. The smallest absolute Gasteiger partial charge is 0.258 e. The number of nitrogens with zero attached hydrogens (tertiary/aromatic N) is 3. The highest BCUT2D eigenvalue weighted by Crippen LogP contribution is 2.36. The molecule has 0 unspecified atom stereocenters. The van der Waals surface area contributed by atoms with Gasteiger partial charge < -0.3 is 15.2 Å². The number of nitrogens with two attached hydrogens (primary N) is 1. The molecule has 2 aliphatic rings. The summed E-state index contributed by atoms with van der Waals surface area (Å²) in [6, 6.07) is 5.11. The lowest BCUT2D eigenvalue weighted by atomic mass is 9.99. The van der Waals surface area contributed by atoms with E-state index in [1.807, 2.05) is 6.07 Å². The van der Waals surface area contributed by atoms with Crippen LogP contribution in [0.15, 0.2) is 22.7 Å². The number of rotatable bonds is 3. The third-order valence-corrected chi connectivity index (χ3v) is 5.01. The Morgan fingerprint density at radius 2 is 1.87 bits per heavy atom. The minimum absolute atomic E-state index is 0.243. The normalized spacial score (nSPS) is 20.3. The number of hydrogen-bond acceptors (Lipinski definition) is 5. The van der Waals surface area contributed by atoms with E-state index in [9.17, 15) is 4.39 Å². The molecule has 1 aliphatic heterocycles. The number of halogens is 1. The van der Waals surface area contributed by atoms with Gasteiger partial charge in [0.15, 0.2) is 5.82 Å². The van der Waals surface area contributed by atoms with Crippen molar-refractivity contribution in [2.45, 2.75) is 44.1 Å². The molecule has 0 amide bonds. The molecular weight excluding hydrogens is 295 g/mol. The van der Waals surface area contributed by atoms with E-state index in [4.69, 9.17) is 10.3 Å². The molecule has 2 N–H and O–H groups in total. The van der Waals surface area contributed by atoms with E-state index in [2.05, 4.69) is 15.0 Å². The highest BCUT2D eigenvalue weighted by atomic mass is 19.1. The van der Waals surface area contributed by atoms with Gasteiger partial charge in [0.05, 0.1) is 11.2 Å². The van der Waals surface area contributed by atoms with Gasteiger partial charge in [0.25, 0.3) is 5.89 Å². The van der Waals surface area contributed by atoms with Crippen molar-refractivity contribution in [2.75, 3.05) is 18.0 Å². The summed E-state index contributed by atoms with van der Waals surface area (Å²) in [7, 11) is 0. The van der Waals surface area contributed by atoms with Crippen LogP contribution in [0, 0.1) is 5.82 Å². The average molecular weight is 316 g/mol. The minimum atomic E-state index is -0.490. The number of benzene rings is 1. The first-order valence-electron chi connectivity index (χ1n) is 8.34. The molecule has 1 saturated heterocycles. The van der Waals surface area contributed by atoms with Crippen molar-refractivity contribution in [3.8, 4) is 11.5 Å². The molecule has 0 spiro atoms. The lowest BCUT2D eigenvalue weighted by Gasteiger charge is -2.18. The number of anilines is 1. The second-order valence-electron chi connectivity index (χ2n) is 6.65. The van der Waals surface area contributed by atoms with E-state index >= 15 is 0 Å². The molecule has 6 heteroatoms. The van der Waals surface area contributed by atoms with Crippen LogP contribution in [0.4, 0.5) is 10.1 Å². The zero-order valence-corrected chi connectivity index (χ0v) is 13.1. The van der Waals surface area contributed by atoms with Gasteiger partial charge in [-0.2, -0.15) is 4.98 Å². The van der Waals surface area contributed by atoms with Crippen molar-refractivity contribution < 1.29 is 8.91 Å². The van der Waals surface area contributed by atoms with Gasteiger partial charge in [0, 0.05) is 18.7 Å². The van der Waals surface area contributed by atoms with Crippen LogP contribution in [-0.4, -0.2) is 23.2 Å². The molecule has 4 rings (SSSR count). The molecule has 1 aromatic heterocycles. The van der Waals surface area contributed by atoms with Crippen molar-refractivity contribution in [1.82, 2.24) is 10.1 Å². The summed E-state index contributed by atoms with van der Waals surface area (Å²) >= 11 is 0. The molecule has 0 bridgehead atoms. The van der Waals surface area contributed by atoms with Crippen molar-refractivity contribution in [3.63, 3.8) is 0 Å². The van der Waals surface area contributed by atoms with Crippen molar-refractivity contribution >= 4 is 5.69 Å². The van der Waals surface area contributed by atoms with Crippen molar-refractivity contribution in [1.29, 1.82) is 0 Å². The van der Waals surface area contributed by atoms with E-state index in [-0.39, 0.29) is 5.82 Å². The van der Waals surface area contributed by atoms with E-state index in [1.54, 1.807) is 6.07 Å². The van der Waals surface area contributed by atoms with Crippen molar-refractivity contribution in [3.05, 3.63) is 29.8 Å². The van der Waals surface area contributed by atoms with Gasteiger partial charge in [-0.3, -0.25) is 0 Å². The van der Waals surface area contributed by atoms with Crippen LogP contribution < -0.4 is 10.6 Å². The van der Waals surface area contributed by atoms with Gasteiger partial charge in [0.2, 0.25) is 0 Å². The molecule has 0 atom stereocenters. The maximum Gasteiger partial charge on any atom is 0.258 e. The lowest BCUT2D eigenvalue weighted by Crippen LogP contribution is -2.34. The topological polar surface area (TPSA) is 68.2 Å². The van der Waals surface area contributed by atoms with Crippen LogP contribution in [0.5, 0.6) is 0 Å². The summed E-state index contributed by atoms with van der Waals surface area (Å²) in [5.74, 6) is 0.630. The molecule has 122 valence electrons. The first-order chi connectivity index (χ1) is 11.2. The third kappa shape index (κ3) is 2.61.